The van der Waals surface area contributed by atoms with Crippen molar-refractivity contribution in [3.8, 4) is 22.7 Å². The Balaban J connectivity index is 1.45. The van der Waals surface area contributed by atoms with Gasteiger partial charge in [-0.15, -0.1) is 0 Å². The number of benzene rings is 3. The summed E-state index contributed by atoms with van der Waals surface area (Å²) in [7, 11) is 0. The highest BCUT2D eigenvalue weighted by atomic mass is 32.2. The Morgan fingerprint density at radius 3 is 2.60 bits per heavy atom. The Bertz CT molecular complexity index is 1580. The molecule has 1 fully saturated rings. The van der Waals surface area contributed by atoms with Crippen LogP contribution in [-0.4, -0.2) is 42.5 Å². The van der Waals surface area contributed by atoms with E-state index in [1.807, 2.05) is 60.8 Å². The number of thiocarbonyl (C=S) groups is 1. The molecule has 0 unspecified atom stereocenters. The molecule has 0 atom stereocenters. The average Bonchev–Trinajstić information content (AvgIpc) is 3.49. The molecule has 1 N–H and O–H groups in total. The van der Waals surface area contributed by atoms with Crippen LogP contribution in [0.25, 0.3) is 23.0 Å². The number of carboxylic acid groups (broad SMARTS) is 1. The largest absolute Gasteiger partial charge is 0.489 e. The van der Waals surface area contributed by atoms with Gasteiger partial charge in [-0.1, -0.05) is 84.1 Å². The monoisotopic (exact) mass is 569 g/mol. The summed E-state index contributed by atoms with van der Waals surface area (Å²) in [5.41, 5.74) is 5.46. The van der Waals surface area contributed by atoms with E-state index in [9.17, 15) is 9.59 Å². The molecule has 9 heteroatoms. The molecule has 2 heterocycles. The van der Waals surface area contributed by atoms with Crippen LogP contribution in [0.4, 0.5) is 0 Å². The van der Waals surface area contributed by atoms with Crippen LogP contribution in [-0.2, 0) is 16.2 Å². The molecule has 40 heavy (non-hydrogen) atoms. The fraction of sp³-hybridized carbons (Fsp3) is 0.161. The number of carbonyl (C=O) groups excluding carboxylic acids is 1. The Kier molecular flexibility index (Phi) is 8.42. The second-order valence-electron chi connectivity index (χ2n) is 9.35. The molecule has 4 aromatic rings. The Hall–Kier alpha value is -4.21. The van der Waals surface area contributed by atoms with Gasteiger partial charge in [-0.25, -0.2) is 4.68 Å². The third kappa shape index (κ3) is 6.50. The van der Waals surface area contributed by atoms with Crippen molar-refractivity contribution in [1.82, 2.24) is 14.7 Å². The maximum atomic E-state index is 13.2. The number of rotatable bonds is 10. The lowest BCUT2D eigenvalue weighted by Crippen LogP contribution is -2.29. The first kappa shape index (κ1) is 27.4. The van der Waals surface area contributed by atoms with Crippen LogP contribution >= 0.6 is 24.0 Å². The zero-order chi connectivity index (χ0) is 28.1. The fourth-order valence-corrected chi connectivity index (χ4v) is 5.54. The molecule has 1 aromatic heterocycles. The molecule has 0 saturated carbocycles. The van der Waals surface area contributed by atoms with E-state index in [0.717, 1.165) is 22.4 Å². The number of amides is 1. The van der Waals surface area contributed by atoms with Gasteiger partial charge >= 0.3 is 5.97 Å². The lowest BCUT2D eigenvalue weighted by molar-refractivity contribution is -0.137. The third-order valence-electron chi connectivity index (χ3n) is 6.33. The number of ether oxygens (including phenoxy) is 1. The van der Waals surface area contributed by atoms with Crippen molar-refractivity contribution in [2.45, 2.75) is 26.4 Å². The van der Waals surface area contributed by atoms with Gasteiger partial charge in [0.05, 0.1) is 10.6 Å². The predicted octanol–water partition coefficient (Wildman–Crippen LogP) is 6.49. The Labute approximate surface area is 242 Å². The van der Waals surface area contributed by atoms with Gasteiger partial charge < -0.3 is 9.84 Å². The summed E-state index contributed by atoms with van der Waals surface area (Å²) in [4.78, 5) is 26.0. The second kappa shape index (κ2) is 12.3. The molecule has 0 spiro atoms. The summed E-state index contributed by atoms with van der Waals surface area (Å²) in [6.45, 7) is 2.77. The molecule has 1 aliphatic rings. The van der Waals surface area contributed by atoms with Gasteiger partial charge in [-0.3, -0.25) is 14.5 Å². The molecule has 0 aliphatic carbocycles. The SMILES string of the molecule is Cc1ccc(COc2cccc(-c3nn(-c4ccccc4)cc3/C=C3\SC(=S)N(CCCC(=O)O)C3=O)c2)cc1. The van der Waals surface area contributed by atoms with E-state index < -0.39 is 5.97 Å². The van der Waals surface area contributed by atoms with Gasteiger partial charge in [0.15, 0.2) is 0 Å². The van der Waals surface area contributed by atoms with E-state index in [4.69, 9.17) is 27.2 Å². The third-order valence-corrected chi connectivity index (χ3v) is 7.71. The maximum absolute atomic E-state index is 13.2. The molecule has 1 aliphatic heterocycles. The number of thioether (sulfide) groups is 1. The number of aryl methyl sites for hydroxylation is 1. The summed E-state index contributed by atoms with van der Waals surface area (Å²) in [6.07, 6.45) is 4.01. The molecule has 202 valence electrons. The molecule has 3 aromatic carbocycles. The zero-order valence-electron chi connectivity index (χ0n) is 21.8. The number of carboxylic acids is 1. The van der Waals surface area contributed by atoms with E-state index in [1.54, 1.807) is 10.8 Å². The first-order chi connectivity index (χ1) is 19.4. The van der Waals surface area contributed by atoms with Crippen molar-refractivity contribution in [3.05, 3.63) is 107 Å². The van der Waals surface area contributed by atoms with Crippen molar-refractivity contribution in [1.29, 1.82) is 0 Å². The number of para-hydroxylation sites is 1. The lowest BCUT2D eigenvalue weighted by Gasteiger charge is -2.13. The highest BCUT2D eigenvalue weighted by Gasteiger charge is 2.32. The van der Waals surface area contributed by atoms with Crippen LogP contribution in [0, 0.1) is 6.92 Å². The summed E-state index contributed by atoms with van der Waals surface area (Å²) in [6, 6.07) is 25.7. The number of nitrogens with zero attached hydrogens (tertiary/aromatic N) is 3. The van der Waals surface area contributed by atoms with E-state index in [-0.39, 0.29) is 18.9 Å². The average molecular weight is 570 g/mol. The van der Waals surface area contributed by atoms with E-state index in [1.165, 1.54) is 22.2 Å². The van der Waals surface area contributed by atoms with E-state index in [2.05, 4.69) is 31.2 Å². The smallest absolute Gasteiger partial charge is 0.303 e. The minimum absolute atomic E-state index is 0.0214. The summed E-state index contributed by atoms with van der Waals surface area (Å²) >= 11 is 6.65. The van der Waals surface area contributed by atoms with Gasteiger partial charge in [0, 0.05) is 30.3 Å². The molecular formula is C31H27N3O4S2. The van der Waals surface area contributed by atoms with E-state index in [0.29, 0.717) is 33.7 Å². The number of aliphatic carboxylic acids is 1. The van der Waals surface area contributed by atoms with Gasteiger partial charge in [-0.05, 0) is 49.2 Å². The van der Waals surface area contributed by atoms with E-state index >= 15 is 0 Å². The minimum atomic E-state index is -0.899. The molecule has 1 saturated heterocycles. The molecule has 7 nitrogen and oxygen atoms in total. The first-order valence-corrected chi connectivity index (χ1v) is 14.0. The number of hydrogen-bond donors (Lipinski definition) is 1. The molecule has 5 rings (SSSR count). The highest BCUT2D eigenvalue weighted by Crippen LogP contribution is 2.35. The fourth-order valence-electron chi connectivity index (χ4n) is 4.24. The van der Waals surface area contributed by atoms with Crippen molar-refractivity contribution in [3.63, 3.8) is 0 Å². The number of aromatic nitrogens is 2. The molecule has 0 radical (unpaired) electrons. The second-order valence-corrected chi connectivity index (χ2v) is 11.0. The summed E-state index contributed by atoms with van der Waals surface area (Å²) in [5.74, 6) is -0.416. The summed E-state index contributed by atoms with van der Waals surface area (Å²) in [5, 5.41) is 13.8. The molecular weight excluding hydrogens is 542 g/mol. The van der Waals surface area contributed by atoms with Crippen LogP contribution in [0.5, 0.6) is 5.75 Å². The van der Waals surface area contributed by atoms with Crippen LogP contribution in [0.15, 0.2) is 90.0 Å². The minimum Gasteiger partial charge on any atom is -0.489 e. The predicted molar refractivity (Wildman–Crippen MR) is 161 cm³/mol. The molecule has 0 bridgehead atoms. The highest BCUT2D eigenvalue weighted by molar-refractivity contribution is 8.26. The normalized spacial score (nSPS) is 14.2. The van der Waals surface area contributed by atoms with Crippen LogP contribution in [0.1, 0.15) is 29.5 Å². The van der Waals surface area contributed by atoms with Gasteiger partial charge in [0.1, 0.15) is 22.4 Å². The van der Waals surface area contributed by atoms with Crippen molar-refractivity contribution in [2.24, 2.45) is 0 Å². The van der Waals surface area contributed by atoms with Gasteiger partial charge in [-0.2, -0.15) is 5.10 Å². The first-order valence-electron chi connectivity index (χ1n) is 12.8. The van der Waals surface area contributed by atoms with Gasteiger partial charge in [0.2, 0.25) is 0 Å². The van der Waals surface area contributed by atoms with Crippen molar-refractivity contribution in [2.75, 3.05) is 6.54 Å². The van der Waals surface area contributed by atoms with Crippen molar-refractivity contribution >= 4 is 46.3 Å². The lowest BCUT2D eigenvalue weighted by atomic mass is 10.1. The Morgan fingerprint density at radius 2 is 1.85 bits per heavy atom. The Morgan fingerprint density at radius 1 is 1.07 bits per heavy atom. The van der Waals surface area contributed by atoms with Crippen molar-refractivity contribution < 1.29 is 19.4 Å². The summed E-state index contributed by atoms with van der Waals surface area (Å²) < 4.78 is 8.29. The quantitative estimate of drug-likeness (QED) is 0.173. The topological polar surface area (TPSA) is 84.7 Å². The number of hydrogen-bond acceptors (Lipinski definition) is 6. The zero-order valence-corrected chi connectivity index (χ0v) is 23.5. The maximum Gasteiger partial charge on any atom is 0.303 e. The standard InChI is InChI=1S/C31H27N3O4S2/c1-21-12-14-22(15-13-21)20-38-26-10-5-7-23(17-26)29-24(19-34(32-29)25-8-3-2-4-9-25)18-27-30(37)33(31(39)40-27)16-6-11-28(35)36/h2-5,7-10,12-15,17-19H,6,11,16,20H2,1H3,(H,35,36)/b27-18-. The van der Waals surface area contributed by atoms with Crippen LogP contribution in [0.3, 0.4) is 0 Å². The van der Waals surface area contributed by atoms with Crippen LogP contribution in [0.2, 0.25) is 0 Å². The molecule has 1 amide bonds. The van der Waals surface area contributed by atoms with Gasteiger partial charge in [0.25, 0.3) is 5.91 Å². The number of carbonyl (C=O) groups is 2. The van der Waals surface area contributed by atoms with Crippen LogP contribution < -0.4 is 4.74 Å².